The smallest absolute Gasteiger partial charge is 0.409 e. The van der Waals surface area contributed by atoms with Crippen molar-refractivity contribution in [3.63, 3.8) is 0 Å². The lowest BCUT2D eigenvalue weighted by Crippen LogP contribution is -2.04. The van der Waals surface area contributed by atoms with Gasteiger partial charge in [0, 0.05) is 7.05 Å². The van der Waals surface area contributed by atoms with Crippen LogP contribution in [0.2, 0.25) is 0 Å². The SMILES string of the molecule is CN(Cl)SOc1cccc(C(F)(F)F)c1. The molecule has 0 aliphatic heterocycles. The number of rotatable bonds is 3. The maximum Gasteiger partial charge on any atom is 0.416 e. The molecule has 1 aromatic rings. The van der Waals surface area contributed by atoms with Gasteiger partial charge in [-0.1, -0.05) is 6.07 Å². The van der Waals surface area contributed by atoms with Crippen LogP contribution in [-0.2, 0) is 6.18 Å². The summed E-state index contributed by atoms with van der Waals surface area (Å²) < 4.78 is 42.8. The van der Waals surface area contributed by atoms with Crippen LogP contribution in [0.15, 0.2) is 24.3 Å². The van der Waals surface area contributed by atoms with Gasteiger partial charge in [0.2, 0.25) is 0 Å². The number of benzene rings is 1. The maximum absolute atomic E-state index is 12.3. The Morgan fingerprint density at radius 2 is 2.07 bits per heavy atom. The Labute approximate surface area is 94.4 Å². The second-order valence-electron chi connectivity index (χ2n) is 2.60. The van der Waals surface area contributed by atoms with Gasteiger partial charge in [0.15, 0.2) is 12.2 Å². The van der Waals surface area contributed by atoms with E-state index in [0.29, 0.717) is 0 Å². The van der Waals surface area contributed by atoms with Crippen LogP contribution in [0.4, 0.5) is 13.2 Å². The first-order valence-electron chi connectivity index (χ1n) is 3.81. The fourth-order valence-electron chi connectivity index (χ4n) is 0.819. The monoisotopic (exact) mass is 257 g/mol. The van der Waals surface area contributed by atoms with Gasteiger partial charge in [0.05, 0.1) is 5.56 Å². The quantitative estimate of drug-likeness (QED) is 0.465. The van der Waals surface area contributed by atoms with Gasteiger partial charge in [-0.2, -0.15) is 13.2 Å². The first-order valence-corrected chi connectivity index (χ1v) is 4.84. The molecule has 0 saturated heterocycles. The van der Waals surface area contributed by atoms with Gasteiger partial charge < -0.3 is 4.18 Å². The Hall–Kier alpha value is -0.590. The summed E-state index contributed by atoms with van der Waals surface area (Å²) in [4.78, 5) is 0. The van der Waals surface area contributed by atoms with Gasteiger partial charge in [-0.3, -0.25) is 0 Å². The minimum absolute atomic E-state index is 0.0994. The lowest BCUT2D eigenvalue weighted by Gasteiger charge is -2.09. The Balaban J connectivity index is 2.75. The van der Waals surface area contributed by atoms with Crippen LogP contribution in [0, 0.1) is 0 Å². The van der Waals surface area contributed by atoms with Gasteiger partial charge in [0.25, 0.3) is 0 Å². The largest absolute Gasteiger partial charge is 0.416 e. The third kappa shape index (κ3) is 4.19. The average Bonchev–Trinajstić information content (AvgIpc) is 2.14. The molecule has 0 N–H and O–H groups in total. The molecular formula is C8H7ClF3NOS. The van der Waals surface area contributed by atoms with E-state index in [9.17, 15) is 13.2 Å². The average molecular weight is 258 g/mol. The van der Waals surface area contributed by atoms with Crippen LogP contribution >= 0.6 is 24.0 Å². The highest BCUT2D eigenvalue weighted by Gasteiger charge is 2.30. The van der Waals surface area contributed by atoms with Gasteiger partial charge in [0.1, 0.15) is 5.75 Å². The van der Waals surface area contributed by atoms with Crippen molar-refractivity contribution in [1.82, 2.24) is 3.82 Å². The van der Waals surface area contributed by atoms with Crippen molar-refractivity contribution in [3.8, 4) is 5.75 Å². The van der Waals surface area contributed by atoms with Crippen molar-refractivity contribution in [3.05, 3.63) is 29.8 Å². The van der Waals surface area contributed by atoms with E-state index in [-0.39, 0.29) is 5.75 Å². The summed E-state index contributed by atoms with van der Waals surface area (Å²) in [5.74, 6) is 0.0994. The molecule has 0 heterocycles. The van der Waals surface area contributed by atoms with Gasteiger partial charge in [-0.05, 0) is 30.0 Å². The molecule has 1 aromatic carbocycles. The summed E-state index contributed by atoms with van der Waals surface area (Å²) in [5, 5.41) is 0. The van der Waals surface area contributed by atoms with Crippen molar-refractivity contribution < 1.29 is 17.4 Å². The fraction of sp³-hybridized carbons (Fsp3) is 0.250. The molecule has 15 heavy (non-hydrogen) atoms. The highest BCUT2D eigenvalue weighted by Crippen LogP contribution is 2.32. The van der Waals surface area contributed by atoms with Crippen LogP contribution in [0.3, 0.4) is 0 Å². The Morgan fingerprint density at radius 3 is 2.60 bits per heavy atom. The molecule has 0 radical (unpaired) electrons. The van der Waals surface area contributed by atoms with E-state index in [4.69, 9.17) is 16.0 Å². The highest BCUT2D eigenvalue weighted by atomic mass is 35.5. The molecule has 0 bridgehead atoms. The number of nitrogens with zero attached hydrogens (tertiary/aromatic N) is 1. The molecule has 0 spiro atoms. The van der Waals surface area contributed by atoms with E-state index in [2.05, 4.69) is 0 Å². The number of hydrogen-bond acceptors (Lipinski definition) is 3. The van der Waals surface area contributed by atoms with Crippen LogP contribution in [-0.4, -0.2) is 10.9 Å². The summed E-state index contributed by atoms with van der Waals surface area (Å²) in [6, 6.07) is 4.57. The number of halogens is 4. The standard InChI is InChI=1S/C8H7ClF3NOS/c1-13(9)15-14-7-4-2-3-6(5-7)8(10,11)12/h2-5H,1H3. The van der Waals surface area contributed by atoms with E-state index in [1.165, 1.54) is 19.2 Å². The molecule has 0 amide bonds. The predicted molar refractivity (Wildman–Crippen MR) is 53.3 cm³/mol. The topological polar surface area (TPSA) is 12.5 Å². The summed E-state index contributed by atoms with van der Waals surface area (Å²) >= 11 is 6.14. The Bertz CT molecular complexity index is 332. The third-order valence-corrected chi connectivity index (χ3v) is 2.04. The zero-order chi connectivity index (χ0) is 11.5. The second-order valence-corrected chi connectivity index (χ2v) is 4.18. The van der Waals surface area contributed by atoms with Crippen LogP contribution in [0.5, 0.6) is 5.75 Å². The summed E-state index contributed by atoms with van der Waals surface area (Å²) in [6.45, 7) is 0. The fourth-order valence-corrected chi connectivity index (χ4v) is 1.20. The van der Waals surface area contributed by atoms with Gasteiger partial charge in [-0.15, -0.1) is 3.82 Å². The van der Waals surface area contributed by atoms with Crippen molar-refractivity contribution in [1.29, 1.82) is 0 Å². The first kappa shape index (κ1) is 12.5. The maximum atomic E-state index is 12.3. The summed E-state index contributed by atoms with van der Waals surface area (Å²) in [6.07, 6.45) is -4.36. The van der Waals surface area contributed by atoms with Crippen LogP contribution in [0.1, 0.15) is 5.56 Å². The normalized spacial score (nSPS) is 11.9. The highest BCUT2D eigenvalue weighted by molar-refractivity contribution is 7.93. The van der Waals surface area contributed by atoms with E-state index < -0.39 is 11.7 Å². The summed E-state index contributed by atoms with van der Waals surface area (Å²) in [5.41, 5.74) is -0.752. The molecule has 0 saturated carbocycles. The van der Waals surface area contributed by atoms with Crippen molar-refractivity contribution in [2.45, 2.75) is 6.18 Å². The summed E-state index contributed by atoms with van der Waals surface area (Å²) in [7, 11) is 1.50. The molecule has 1 rings (SSSR count). The predicted octanol–water partition coefficient (Wildman–Crippen LogP) is 3.73. The molecule has 7 heteroatoms. The van der Waals surface area contributed by atoms with Crippen LogP contribution in [0.25, 0.3) is 0 Å². The second kappa shape index (κ2) is 4.96. The molecule has 84 valence electrons. The minimum Gasteiger partial charge on any atom is -0.409 e. The molecule has 0 aliphatic carbocycles. The lowest BCUT2D eigenvalue weighted by molar-refractivity contribution is -0.137. The van der Waals surface area contributed by atoms with Crippen molar-refractivity contribution in [2.24, 2.45) is 0 Å². The molecule has 0 aromatic heterocycles. The van der Waals surface area contributed by atoms with E-state index >= 15 is 0 Å². The Kier molecular flexibility index (Phi) is 4.12. The van der Waals surface area contributed by atoms with E-state index in [0.717, 1.165) is 28.2 Å². The van der Waals surface area contributed by atoms with E-state index in [1.807, 2.05) is 0 Å². The first-order chi connectivity index (χ1) is 6.89. The molecule has 0 aliphatic rings. The molecule has 0 atom stereocenters. The lowest BCUT2D eigenvalue weighted by atomic mass is 10.2. The van der Waals surface area contributed by atoms with Crippen LogP contribution < -0.4 is 4.18 Å². The number of hydrogen-bond donors (Lipinski definition) is 0. The van der Waals surface area contributed by atoms with Gasteiger partial charge >= 0.3 is 6.18 Å². The van der Waals surface area contributed by atoms with Crippen molar-refractivity contribution in [2.75, 3.05) is 7.05 Å². The van der Waals surface area contributed by atoms with Gasteiger partial charge in [-0.25, -0.2) is 0 Å². The number of alkyl halides is 3. The molecule has 2 nitrogen and oxygen atoms in total. The van der Waals surface area contributed by atoms with Crippen molar-refractivity contribution >= 4 is 24.0 Å². The minimum atomic E-state index is -4.36. The molecular weight excluding hydrogens is 251 g/mol. The van der Waals surface area contributed by atoms with E-state index in [1.54, 1.807) is 0 Å². The zero-order valence-electron chi connectivity index (χ0n) is 7.58. The third-order valence-electron chi connectivity index (χ3n) is 1.40. The molecule has 0 unspecified atom stereocenters. The Morgan fingerprint density at radius 1 is 1.40 bits per heavy atom. The molecule has 0 fully saturated rings. The zero-order valence-corrected chi connectivity index (χ0v) is 9.16.